The molecule has 0 aliphatic heterocycles. The zero-order valence-electron chi connectivity index (χ0n) is 15.6. The van der Waals surface area contributed by atoms with E-state index in [0.717, 1.165) is 0 Å². The van der Waals surface area contributed by atoms with Crippen LogP contribution in [0, 0.1) is 6.92 Å². The van der Waals surface area contributed by atoms with E-state index in [-0.39, 0.29) is 0 Å². The van der Waals surface area contributed by atoms with Crippen molar-refractivity contribution in [2.24, 2.45) is 0 Å². The van der Waals surface area contributed by atoms with Crippen molar-refractivity contribution in [3.63, 3.8) is 0 Å². The van der Waals surface area contributed by atoms with E-state index in [0.29, 0.717) is 0 Å². The predicted octanol–water partition coefficient (Wildman–Crippen LogP) is 4.86. The molecule has 25 heavy (non-hydrogen) atoms. The number of pyridine rings is 1. The lowest BCUT2D eigenvalue weighted by Crippen LogP contribution is -2.08. The molecule has 0 bridgehead atoms. The van der Waals surface area contributed by atoms with Crippen molar-refractivity contribution in [1.82, 2.24) is 4.98 Å². The fraction of sp³-hybridized carbons (Fsp3) is 0.227. The summed E-state index contributed by atoms with van der Waals surface area (Å²) in [6.07, 6.45) is 3.90. The molecule has 3 aromatic rings. The van der Waals surface area contributed by atoms with E-state index in [2.05, 4.69) is 98.4 Å². The first-order chi connectivity index (χ1) is 12.0. The molecule has 0 saturated carbocycles. The van der Waals surface area contributed by atoms with Crippen LogP contribution in [0.1, 0.15) is 5.56 Å². The monoisotopic (exact) mass is 331 g/mol. The molecular formula is C22H25N3. The molecule has 3 rings (SSSR count). The molecule has 3 heteroatoms. The van der Waals surface area contributed by atoms with Crippen molar-refractivity contribution >= 4 is 11.4 Å². The van der Waals surface area contributed by atoms with Crippen molar-refractivity contribution in [2.45, 2.75) is 6.92 Å². The highest BCUT2D eigenvalue weighted by atomic mass is 15.1. The lowest BCUT2D eigenvalue weighted by atomic mass is 9.93. The lowest BCUT2D eigenvalue weighted by molar-refractivity contribution is 1.13. The van der Waals surface area contributed by atoms with Gasteiger partial charge in [0.2, 0.25) is 0 Å². The summed E-state index contributed by atoms with van der Waals surface area (Å²) in [6, 6.07) is 17.3. The van der Waals surface area contributed by atoms with Gasteiger partial charge in [-0.2, -0.15) is 0 Å². The second-order valence-corrected chi connectivity index (χ2v) is 6.76. The third-order valence-corrected chi connectivity index (χ3v) is 4.50. The smallest absolute Gasteiger partial charge is 0.0361 e. The normalized spacial score (nSPS) is 10.6. The van der Waals surface area contributed by atoms with E-state index in [1.165, 1.54) is 39.2 Å². The van der Waals surface area contributed by atoms with Gasteiger partial charge in [-0.25, -0.2) is 0 Å². The minimum Gasteiger partial charge on any atom is -0.378 e. The largest absolute Gasteiger partial charge is 0.378 e. The van der Waals surface area contributed by atoms with Crippen LogP contribution >= 0.6 is 0 Å². The number of nitrogens with zero attached hydrogens (tertiary/aromatic N) is 3. The third kappa shape index (κ3) is 3.50. The Morgan fingerprint density at radius 3 is 1.60 bits per heavy atom. The van der Waals surface area contributed by atoms with Gasteiger partial charge in [0, 0.05) is 57.5 Å². The summed E-state index contributed by atoms with van der Waals surface area (Å²) in [4.78, 5) is 8.66. The van der Waals surface area contributed by atoms with Crippen molar-refractivity contribution in [3.05, 3.63) is 66.5 Å². The molecule has 0 saturated heterocycles. The van der Waals surface area contributed by atoms with Gasteiger partial charge in [0.1, 0.15) is 0 Å². The molecule has 3 nitrogen and oxygen atoms in total. The molecule has 0 amide bonds. The van der Waals surface area contributed by atoms with Gasteiger partial charge in [-0.15, -0.1) is 0 Å². The van der Waals surface area contributed by atoms with E-state index in [1.807, 2.05) is 12.4 Å². The van der Waals surface area contributed by atoms with Gasteiger partial charge in [-0.1, -0.05) is 24.3 Å². The Bertz CT molecular complexity index is 847. The highest BCUT2D eigenvalue weighted by Gasteiger charge is 2.11. The number of aryl methyl sites for hydroxylation is 1. The minimum absolute atomic E-state index is 1.17. The Balaban J connectivity index is 2.08. The molecule has 0 unspecified atom stereocenters. The summed E-state index contributed by atoms with van der Waals surface area (Å²) in [7, 11) is 8.23. The van der Waals surface area contributed by atoms with Gasteiger partial charge < -0.3 is 9.80 Å². The number of benzene rings is 2. The molecule has 0 N–H and O–H groups in total. The highest BCUT2D eigenvalue weighted by Crippen LogP contribution is 2.35. The number of anilines is 2. The lowest BCUT2D eigenvalue weighted by Gasteiger charge is -2.17. The fourth-order valence-corrected chi connectivity index (χ4v) is 3.03. The van der Waals surface area contributed by atoms with Crippen LogP contribution in [0.15, 0.2) is 60.9 Å². The van der Waals surface area contributed by atoms with Gasteiger partial charge in [-0.05, 0) is 53.4 Å². The van der Waals surface area contributed by atoms with Gasteiger partial charge in [0.25, 0.3) is 0 Å². The van der Waals surface area contributed by atoms with Gasteiger partial charge in [-0.3, -0.25) is 4.98 Å². The average Bonchev–Trinajstić information content (AvgIpc) is 2.61. The van der Waals surface area contributed by atoms with Crippen LogP contribution in [-0.4, -0.2) is 33.2 Å². The molecule has 0 fully saturated rings. The van der Waals surface area contributed by atoms with E-state index >= 15 is 0 Å². The first kappa shape index (κ1) is 17.0. The van der Waals surface area contributed by atoms with Crippen LogP contribution in [-0.2, 0) is 0 Å². The Labute approximate surface area is 150 Å². The van der Waals surface area contributed by atoms with E-state index in [1.54, 1.807) is 0 Å². The summed E-state index contributed by atoms with van der Waals surface area (Å²) in [5.41, 5.74) is 8.41. The topological polar surface area (TPSA) is 19.4 Å². The second kappa shape index (κ2) is 6.98. The highest BCUT2D eigenvalue weighted by molar-refractivity contribution is 5.85. The fourth-order valence-electron chi connectivity index (χ4n) is 3.03. The molecule has 2 aromatic carbocycles. The average molecular weight is 331 g/mol. The van der Waals surface area contributed by atoms with Gasteiger partial charge in [0.05, 0.1) is 0 Å². The maximum absolute atomic E-state index is 4.43. The van der Waals surface area contributed by atoms with Crippen LogP contribution in [0.5, 0.6) is 0 Å². The van der Waals surface area contributed by atoms with Crippen molar-refractivity contribution in [2.75, 3.05) is 38.0 Å². The Morgan fingerprint density at radius 1 is 0.640 bits per heavy atom. The standard InChI is InChI=1S/C22H25N3/c1-16-14-23-15-21(17-6-10-19(11-7-17)24(2)3)22(16)18-8-12-20(13-9-18)25(4)5/h6-15H,1-5H3. The molecule has 0 spiro atoms. The number of hydrogen-bond acceptors (Lipinski definition) is 3. The molecule has 0 radical (unpaired) electrons. The number of rotatable bonds is 4. The summed E-state index contributed by atoms with van der Waals surface area (Å²) in [5.74, 6) is 0. The molecule has 1 aromatic heterocycles. The van der Waals surface area contributed by atoms with E-state index in [9.17, 15) is 0 Å². The summed E-state index contributed by atoms with van der Waals surface area (Å²) in [6.45, 7) is 2.12. The van der Waals surface area contributed by atoms with Gasteiger partial charge >= 0.3 is 0 Å². The molecule has 128 valence electrons. The van der Waals surface area contributed by atoms with Crippen molar-refractivity contribution in [1.29, 1.82) is 0 Å². The Kier molecular flexibility index (Phi) is 4.75. The quantitative estimate of drug-likeness (QED) is 0.681. The molecule has 0 aliphatic carbocycles. The van der Waals surface area contributed by atoms with Crippen molar-refractivity contribution < 1.29 is 0 Å². The van der Waals surface area contributed by atoms with Crippen LogP contribution in [0.4, 0.5) is 11.4 Å². The van der Waals surface area contributed by atoms with Gasteiger partial charge in [0.15, 0.2) is 0 Å². The summed E-state index contributed by atoms with van der Waals surface area (Å²) >= 11 is 0. The van der Waals surface area contributed by atoms with E-state index < -0.39 is 0 Å². The maximum atomic E-state index is 4.43. The SMILES string of the molecule is Cc1cncc(-c2ccc(N(C)C)cc2)c1-c1ccc(N(C)C)cc1. The zero-order valence-corrected chi connectivity index (χ0v) is 15.6. The molecular weight excluding hydrogens is 306 g/mol. The second-order valence-electron chi connectivity index (χ2n) is 6.76. The van der Waals surface area contributed by atoms with Crippen LogP contribution in [0.2, 0.25) is 0 Å². The number of aromatic nitrogens is 1. The number of hydrogen-bond donors (Lipinski definition) is 0. The van der Waals surface area contributed by atoms with Crippen LogP contribution in [0.3, 0.4) is 0 Å². The van der Waals surface area contributed by atoms with E-state index in [4.69, 9.17) is 0 Å². The predicted molar refractivity (Wildman–Crippen MR) is 109 cm³/mol. The summed E-state index contributed by atoms with van der Waals surface area (Å²) in [5, 5.41) is 0. The van der Waals surface area contributed by atoms with Crippen molar-refractivity contribution in [3.8, 4) is 22.3 Å². The molecule has 0 aliphatic rings. The zero-order chi connectivity index (χ0) is 18.0. The Hall–Kier alpha value is -2.81. The first-order valence-electron chi connectivity index (χ1n) is 8.47. The third-order valence-electron chi connectivity index (χ3n) is 4.50. The maximum Gasteiger partial charge on any atom is 0.0361 e. The first-order valence-corrected chi connectivity index (χ1v) is 8.47. The van der Waals surface area contributed by atoms with Crippen LogP contribution in [0.25, 0.3) is 22.3 Å². The summed E-state index contributed by atoms with van der Waals surface area (Å²) < 4.78 is 0. The molecule has 0 atom stereocenters. The molecule has 1 heterocycles. The minimum atomic E-state index is 1.17. The Morgan fingerprint density at radius 2 is 1.12 bits per heavy atom. The van der Waals surface area contributed by atoms with Crippen LogP contribution < -0.4 is 9.80 Å².